The van der Waals surface area contributed by atoms with E-state index in [0.29, 0.717) is 0 Å². The number of hydrogen-bond donors (Lipinski definition) is 0. The molecule has 0 N–H and O–H groups in total. The zero-order valence-electron chi connectivity index (χ0n) is 16.6. The van der Waals surface area contributed by atoms with Crippen LogP contribution in [0.2, 0.25) is 0 Å². The largest absolute Gasteiger partial charge is 0.449 e. The highest BCUT2D eigenvalue weighted by Gasteiger charge is 2.34. The van der Waals surface area contributed by atoms with Crippen LogP contribution in [0.1, 0.15) is 33.3 Å². The summed E-state index contributed by atoms with van der Waals surface area (Å²) in [4.78, 5) is 2.37. The fourth-order valence-electron chi connectivity index (χ4n) is 3.65. The maximum absolute atomic E-state index is 5.95. The fourth-order valence-corrected chi connectivity index (χ4v) is 4.64. The predicted molar refractivity (Wildman–Crippen MR) is 111 cm³/mol. The molecule has 144 valence electrons. The van der Waals surface area contributed by atoms with E-state index in [2.05, 4.69) is 37.3 Å². The van der Waals surface area contributed by atoms with Crippen molar-refractivity contribution < 1.29 is 18.9 Å². The van der Waals surface area contributed by atoms with Crippen molar-refractivity contribution in [1.82, 2.24) is 0 Å². The second-order valence-electron chi connectivity index (χ2n) is 8.15. The minimum atomic E-state index is -0.618. The summed E-state index contributed by atoms with van der Waals surface area (Å²) in [6.07, 6.45) is 0. The van der Waals surface area contributed by atoms with E-state index in [9.17, 15) is 0 Å². The Bertz CT molecular complexity index is 1090. The second-order valence-corrected chi connectivity index (χ2v) is 9.24. The maximum Gasteiger partial charge on any atom is 0.246 e. The molecule has 1 aromatic heterocycles. The quantitative estimate of drug-likeness (QED) is 0.504. The first-order valence-electron chi connectivity index (χ1n) is 9.34. The zero-order valence-corrected chi connectivity index (χ0v) is 17.4. The van der Waals surface area contributed by atoms with Gasteiger partial charge >= 0.3 is 0 Å². The highest BCUT2D eigenvalue weighted by Crippen LogP contribution is 2.47. The molecule has 2 aromatic carbocycles. The lowest BCUT2D eigenvalue weighted by Crippen LogP contribution is -2.29. The van der Waals surface area contributed by atoms with Crippen molar-refractivity contribution in [2.75, 3.05) is 0 Å². The molecule has 0 aliphatic carbocycles. The van der Waals surface area contributed by atoms with Gasteiger partial charge in [-0.25, -0.2) is 0 Å². The number of benzene rings is 2. The minimum absolute atomic E-state index is 0.612. The Hall–Kier alpha value is -2.66. The summed E-state index contributed by atoms with van der Waals surface area (Å²) in [5.74, 6) is 1.99. The summed E-state index contributed by atoms with van der Waals surface area (Å²) in [6.45, 7) is 9.74. The monoisotopic (exact) mass is 394 g/mol. The summed E-state index contributed by atoms with van der Waals surface area (Å²) in [6, 6.07) is 14.6. The molecule has 0 saturated heterocycles. The van der Waals surface area contributed by atoms with Gasteiger partial charge in [0.05, 0.1) is 0 Å². The molecule has 0 spiro atoms. The topological polar surface area (TPSA) is 36.9 Å². The van der Waals surface area contributed by atoms with Gasteiger partial charge in [0.2, 0.25) is 11.6 Å². The van der Waals surface area contributed by atoms with E-state index < -0.39 is 11.6 Å². The van der Waals surface area contributed by atoms with Crippen LogP contribution < -0.4 is 18.9 Å². The van der Waals surface area contributed by atoms with Gasteiger partial charge in [0, 0.05) is 37.4 Å². The number of ether oxygens (including phenoxy) is 4. The van der Waals surface area contributed by atoms with Crippen LogP contribution >= 0.6 is 11.3 Å². The molecule has 0 bridgehead atoms. The van der Waals surface area contributed by atoms with Crippen molar-refractivity contribution >= 4 is 11.3 Å². The third kappa shape index (κ3) is 2.90. The average molecular weight is 394 g/mol. The zero-order chi connectivity index (χ0) is 19.7. The molecule has 3 aromatic rings. The summed E-state index contributed by atoms with van der Waals surface area (Å²) in [5, 5.41) is 0. The number of fused-ring (bicyclic) bond motifs is 2. The van der Waals surface area contributed by atoms with Crippen LogP contribution in [-0.4, -0.2) is 11.6 Å². The highest BCUT2D eigenvalue weighted by molar-refractivity contribution is 7.18. The van der Waals surface area contributed by atoms with E-state index >= 15 is 0 Å². The van der Waals surface area contributed by atoms with Gasteiger partial charge in [-0.2, -0.15) is 0 Å². The molecule has 0 unspecified atom stereocenters. The average Bonchev–Trinajstić information content (AvgIpc) is 3.26. The molecule has 0 fully saturated rings. The molecule has 5 rings (SSSR count). The summed E-state index contributed by atoms with van der Waals surface area (Å²) in [7, 11) is 0. The molecular weight excluding hydrogens is 372 g/mol. The highest BCUT2D eigenvalue weighted by atomic mass is 32.1. The first kappa shape index (κ1) is 17.4. The molecule has 3 heterocycles. The van der Waals surface area contributed by atoms with E-state index in [0.717, 1.165) is 39.7 Å². The lowest BCUT2D eigenvalue weighted by atomic mass is 10.1. The van der Waals surface area contributed by atoms with Gasteiger partial charge in [0.1, 0.15) is 0 Å². The van der Waals surface area contributed by atoms with Gasteiger partial charge in [0.15, 0.2) is 23.0 Å². The van der Waals surface area contributed by atoms with Crippen molar-refractivity contribution in [2.45, 2.75) is 46.2 Å². The van der Waals surface area contributed by atoms with E-state index in [1.54, 1.807) is 11.3 Å². The van der Waals surface area contributed by atoms with Crippen LogP contribution in [0.25, 0.3) is 20.9 Å². The van der Waals surface area contributed by atoms with Gasteiger partial charge in [-0.15, -0.1) is 11.3 Å². The first-order chi connectivity index (χ1) is 13.2. The number of rotatable bonds is 2. The predicted octanol–water partition coefficient (Wildman–Crippen LogP) is 6.41. The Labute approximate surface area is 168 Å². The van der Waals surface area contributed by atoms with Crippen molar-refractivity contribution in [3.63, 3.8) is 0 Å². The molecule has 28 heavy (non-hydrogen) atoms. The maximum atomic E-state index is 5.95. The van der Waals surface area contributed by atoms with Crippen molar-refractivity contribution in [3.05, 3.63) is 48.0 Å². The van der Waals surface area contributed by atoms with Crippen molar-refractivity contribution in [1.29, 1.82) is 0 Å². The van der Waals surface area contributed by atoms with Crippen LogP contribution in [0.5, 0.6) is 23.0 Å². The third-order valence-corrected chi connectivity index (χ3v) is 5.96. The number of thiophene rings is 1. The van der Waals surface area contributed by atoms with Gasteiger partial charge in [-0.3, -0.25) is 0 Å². The van der Waals surface area contributed by atoms with Gasteiger partial charge in [0.25, 0.3) is 0 Å². The lowest BCUT2D eigenvalue weighted by molar-refractivity contribution is -0.0438. The minimum Gasteiger partial charge on any atom is -0.449 e. The Morgan fingerprint density at radius 1 is 0.643 bits per heavy atom. The summed E-state index contributed by atoms with van der Waals surface area (Å²) < 4.78 is 23.5. The molecule has 0 saturated carbocycles. The van der Waals surface area contributed by atoms with E-state index in [1.165, 1.54) is 9.75 Å². The van der Waals surface area contributed by atoms with Crippen LogP contribution in [0.15, 0.2) is 42.5 Å². The van der Waals surface area contributed by atoms with E-state index in [-0.39, 0.29) is 0 Å². The van der Waals surface area contributed by atoms with E-state index in [1.807, 2.05) is 39.8 Å². The van der Waals surface area contributed by atoms with E-state index in [4.69, 9.17) is 18.9 Å². The smallest absolute Gasteiger partial charge is 0.246 e. The molecule has 0 atom stereocenters. The van der Waals surface area contributed by atoms with Crippen LogP contribution in [0, 0.1) is 6.92 Å². The van der Waals surface area contributed by atoms with Crippen LogP contribution in [0.3, 0.4) is 0 Å². The SMILES string of the molecule is Cc1cc(-c2ccc(-c3ccc4c(c3)OC(C)(C)O4)s2)cc2c1OC(C)(C)O2. The van der Waals surface area contributed by atoms with Crippen molar-refractivity contribution in [3.8, 4) is 43.9 Å². The summed E-state index contributed by atoms with van der Waals surface area (Å²) in [5.41, 5.74) is 3.34. The lowest BCUT2D eigenvalue weighted by Gasteiger charge is -2.16. The summed E-state index contributed by atoms with van der Waals surface area (Å²) >= 11 is 1.75. The molecule has 4 nitrogen and oxygen atoms in total. The molecular formula is C23H22O4S. The molecule has 0 radical (unpaired) electrons. The molecule has 0 amide bonds. The Kier molecular flexibility index (Phi) is 3.53. The fraction of sp³-hybridized carbons (Fsp3) is 0.304. The van der Waals surface area contributed by atoms with Crippen molar-refractivity contribution in [2.24, 2.45) is 0 Å². The number of hydrogen-bond acceptors (Lipinski definition) is 5. The number of aryl methyl sites for hydroxylation is 1. The van der Waals surface area contributed by atoms with Gasteiger partial charge in [-0.05, 0) is 66.1 Å². The Morgan fingerprint density at radius 2 is 1.25 bits per heavy atom. The Balaban J connectivity index is 1.48. The Morgan fingerprint density at radius 3 is 2.04 bits per heavy atom. The van der Waals surface area contributed by atoms with Gasteiger partial charge < -0.3 is 18.9 Å². The second kappa shape index (κ2) is 5.67. The first-order valence-corrected chi connectivity index (χ1v) is 10.2. The van der Waals surface area contributed by atoms with Crippen LogP contribution in [-0.2, 0) is 0 Å². The van der Waals surface area contributed by atoms with Crippen LogP contribution in [0.4, 0.5) is 0 Å². The standard InChI is InChI=1S/C23H22O4S/c1-13-10-15(12-18-21(13)27-23(4,5)26-18)20-9-8-19(28-20)14-6-7-16-17(11-14)25-22(2,3)24-16/h6-12H,1-5H3. The molecule has 2 aliphatic heterocycles. The van der Waals surface area contributed by atoms with Gasteiger partial charge in [-0.1, -0.05) is 0 Å². The molecule has 2 aliphatic rings. The normalized spacial score (nSPS) is 17.8. The third-order valence-electron chi connectivity index (χ3n) is 4.77. The molecule has 5 heteroatoms.